The molecule has 1 aromatic carbocycles. The summed E-state index contributed by atoms with van der Waals surface area (Å²) < 4.78 is 0. The van der Waals surface area contributed by atoms with Crippen LogP contribution in [0.3, 0.4) is 0 Å². The van der Waals surface area contributed by atoms with Crippen LogP contribution in [0.2, 0.25) is 0 Å². The second-order valence-electron chi connectivity index (χ2n) is 4.91. The zero-order valence-corrected chi connectivity index (χ0v) is 10.7. The Hall–Kier alpha value is -1.57. The Balaban J connectivity index is 3.10. The molecule has 0 aliphatic carbocycles. The molecule has 0 saturated carbocycles. The van der Waals surface area contributed by atoms with E-state index in [0.29, 0.717) is 5.57 Å². The second kappa shape index (κ2) is 5.67. The summed E-state index contributed by atoms with van der Waals surface area (Å²) in [7, 11) is 0. The Morgan fingerprint density at radius 1 is 1.29 bits per heavy atom. The normalized spacial score (nSPS) is 12.5. The first-order valence-electron chi connectivity index (χ1n) is 5.98. The summed E-state index contributed by atoms with van der Waals surface area (Å²) in [5.41, 5.74) is 1.12. The summed E-state index contributed by atoms with van der Waals surface area (Å²) in [6, 6.07) is 9.60. The van der Waals surface area contributed by atoms with Gasteiger partial charge in [0.25, 0.3) is 0 Å². The molecular formula is C15H20O2. The summed E-state index contributed by atoms with van der Waals surface area (Å²) >= 11 is 0. The van der Waals surface area contributed by atoms with Crippen LogP contribution in [-0.4, -0.2) is 11.1 Å². The van der Waals surface area contributed by atoms with Gasteiger partial charge in [-0.25, -0.2) is 4.79 Å². The number of rotatable bonds is 5. The van der Waals surface area contributed by atoms with Gasteiger partial charge in [0.15, 0.2) is 0 Å². The number of hydrogen-bond donors (Lipinski definition) is 1. The third kappa shape index (κ3) is 3.74. The SMILES string of the molecule is CCCC(C)(C)C(=Cc1ccccc1)C(=O)O. The highest BCUT2D eigenvalue weighted by Crippen LogP contribution is 2.33. The molecule has 0 radical (unpaired) electrons. The van der Waals surface area contributed by atoms with E-state index in [1.54, 1.807) is 6.08 Å². The van der Waals surface area contributed by atoms with Crippen LogP contribution in [0.4, 0.5) is 0 Å². The quantitative estimate of drug-likeness (QED) is 0.780. The molecule has 0 heterocycles. The molecule has 0 fully saturated rings. The third-order valence-electron chi connectivity index (χ3n) is 2.95. The minimum Gasteiger partial charge on any atom is -0.478 e. The summed E-state index contributed by atoms with van der Waals surface area (Å²) in [5, 5.41) is 9.33. The molecule has 0 saturated heterocycles. The number of carboxylic acids is 1. The van der Waals surface area contributed by atoms with E-state index >= 15 is 0 Å². The highest BCUT2D eigenvalue weighted by atomic mass is 16.4. The highest BCUT2D eigenvalue weighted by molar-refractivity contribution is 5.93. The van der Waals surface area contributed by atoms with Gasteiger partial charge in [-0.1, -0.05) is 57.5 Å². The van der Waals surface area contributed by atoms with Crippen LogP contribution in [-0.2, 0) is 4.79 Å². The fourth-order valence-electron chi connectivity index (χ4n) is 2.02. The molecule has 0 aromatic heterocycles. The van der Waals surface area contributed by atoms with Gasteiger partial charge < -0.3 is 5.11 Å². The molecule has 1 N–H and O–H groups in total. The molecule has 0 aliphatic rings. The average Bonchev–Trinajstić information content (AvgIpc) is 2.26. The molecule has 1 aromatic rings. The molecule has 1 rings (SSSR count). The molecule has 0 aliphatic heterocycles. The van der Waals surface area contributed by atoms with Crippen molar-refractivity contribution in [2.75, 3.05) is 0 Å². The molecule has 17 heavy (non-hydrogen) atoms. The Bertz CT molecular complexity index is 402. The number of carbonyl (C=O) groups is 1. The van der Waals surface area contributed by atoms with Gasteiger partial charge in [0.2, 0.25) is 0 Å². The fourth-order valence-corrected chi connectivity index (χ4v) is 2.02. The van der Waals surface area contributed by atoms with Crippen molar-refractivity contribution in [1.29, 1.82) is 0 Å². The van der Waals surface area contributed by atoms with Crippen molar-refractivity contribution < 1.29 is 9.90 Å². The van der Waals surface area contributed by atoms with Crippen molar-refractivity contribution >= 4 is 12.0 Å². The number of carboxylic acid groups (broad SMARTS) is 1. The van der Waals surface area contributed by atoms with Crippen LogP contribution >= 0.6 is 0 Å². The predicted molar refractivity (Wildman–Crippen MR) is 70.7 cm³/mol. The van der Waals surface area contributed by atoms with Crippen molar-refractivity contribution in [3.8, 4) is 0 Å². The average molecular weight is 232 g/mol. The van der Waals surface area contributed by atoms with Crippen LogP contribution in [0.5, 0.6) is 0 Å². The maximum absolute atomic E-state index is 11.4. The van der Waals surface area contributed by atoms with Gasteiger partial charge in [0.1, 0.15) is 0 Å². The van der Waals surface area contributed by atoms with Crippen LogP contribution in [0, 0.1) is 5.41 Å². The van der Waals surface area contributed by atoms with E-state index in [9.17, 15) is 9.90 Å². The zero-order chi connectivity index (χ0) is 12.9. The van der Waals surface area contributed by atoms with Gasteiger partial charge in [-0.2, -0.15) is 0 Å². The van der Waals surface area contributed by atoms with Crippen molar-refractivity contribution in [3.63, 3.8) is 0 Å². The molecule has 2 nitrogen and oxygen atoms in total. The number of benzene rings is 1. The third-order valence-corrected chi connectivity index (χ3v) is 2.95. The van der Waals surface area contributed by atoms with Crippen LogP contribution < -0.4 is 0 Å². The van der Waals surface area contributed by atoms with Crippen molar-refractivity contribution in [2.45, 2.75) is 33.6 Å². The van der Waals surface area contributed by atoms with Crippen LogP contribution in [0.15, 0.2) is 35.9 Å². The summed E-state index contributed by atoms with van der Waals surface area (Å²) in [4.78, 5) is 11.4. The Labute approximate surface area is 103 Å². The lowest BCUT2D eigenvalue weighted by molar-refractivity contribution is -0.133. The minimum atomic E-state index is -0.827. The predicted octanol–water partition coefficient (Wildman–Crippen LogP) is 3.98. The Kier molecular flexibility index (Phi) is 4.50. The molecule has 0 unspecified atom stereocenters. The van der Waals surface area contributed by atoms with Crippen LogP contribution in [0.25, 0.3) is 6.08 Å². The minimum absolute atomic E-state index is 0.295. The summed E-state index contributed by atoms with van der Waals surface area (Å²) in [6.07, 6.45) is 3.63. The summed E-state index contributed by atoms with van der Waals surface area (Å²) in [5.74, 6) is -0.827. The van der Waals surface area contributed by atoms with Gasteiger partial charge in [0, 0.05) is 5.57 Å². The lowest BCUT2D eigenvalue weighted by Crippen LogP contribution is -2.21. The van der Waals surface area contributed by atoms with E-state index in [1.165, 1.54) is 0 Å². The largest absolute Gasteiger partial charge is 0.478 e. The van der Waals surface area contributed by atoms with E-state index in [-0.39, 0.29) is 5.41 Å². The molecule has 92 valence electrons. The van der Waals surface area contributed by atoms with Crippen LogP contribution in [0.1, 0.15) is 39.2 Å². The maximum atomic E-state index is 11.4. The van der Waals surface area contributed by atoms with E-state index in [0.717, 1.165) is 18.4 Å². The van der Waals surface area contributed by atoms with Crippen molar-refractivity contribution in [2.24, 2.45) is 5.41 Å². The Morgan fingerprint density at radius 2 is 1.88 bits per heavy atom. The Morgan fingerprint density at radius 3 is 2.35 bits per heavy atom. The van der Waals surface area contributed by atoms with Crippen molar-refractivity contribution in [3.05, 3.63) is 41.5 Å². The monoisotopic (exact) mass is 232 g/mol. The highest BCUT2D eigenvalue weighted by Gasteiger charge is 2.27. The zero-order valence-electron chi connectivity index (χ0n) is 10.7. The molecule has 2 heteroatoms. The van der Waals surface area contributed by atoms with Gasteiger partial charge in [-0.05, 0) is 23.5 Å². The van der Waals surface area contributed by atoms with Gasteiger partial charge in [-0.15, -0.1) is 0 Å². The van der Waals surface area contributed by atoms with Crippen molar-refractivity contribution in [1.82, 2.24) is 0 Å². The second-order valence-corrected chi connectivity index (χ2v) is 4.91. The molecule has 0 spiro atoms. The topological polar surface area (TPSA) is 37.3 Å². The smallest absolute Gasteiger partial charge is 0.332 e. The van der Waals surface area contributed by atoms with Gasteiger partial charge in [0.05, 0.1) is 0 Å². The molecular weight excluding hydrogens is 212 g/mol. The van der Waals surface area contributed by atoms with E-state index in [2.05, 4.69) is 6.92 Å². The first-order chi connectivity index (χ1) is 7.97. The van der Waals surface area contributed by atoms with Gasteiger partial charge in [-0.3, -0.25) is 0 Å². The standard InChI is InChI=1S/C15H20O2/c1-4-10-15(2,3)13(14(16)17)11-12-8-6-5-7-9-12/h5-9,11H,4,10H2,1-3H3,(H,16,17). The lowest BCUT2D eigenvalue weighted by atomic mass is 9.79. The van der Waals surface area contributed by atoms with E-state index in [1.807, 2.05) is 44.2 Å². The lowest BCUT2D eigenvalue weighted by Gasteiger charge is -2.25. The first kappa shape index (κ1) is 13.5. The molecule has 0 atom stereocenters. The fraction of sp³-hybridized carbons (Fsp3) is 0.400. The number of hydrogen-bond acceptors (Lipinski definition) is 1. The van der Waals surface area contributed by atoms with E-state index in [4.69, 9.17) is 0 Å². The summed E-state index contributed by atoms with van der Waals surface area (Å²) in [6.45, 7) is 6.04. The molecule has 0 bridgehead atoms. The number of aliphatic carboxylic acids is 1. The first-order valence-corrected chi connectivity index (χ1v) is 5.98. The van der Waals surface area contributed by atoms with E-state index < -0.39 is 5.97 Å². The maximum Gasteiger partial charge on any atom is 0.332 e. The molecule has 0 amide bonds. The van der Waals surface area contributed by atoms with Gasteiger partial charge >= 0.3 is 5.97 Å².